The number of aromatic nitrogens is 2. The fraction of sp³-hybridized carbons (Fsp3) is 0.318. The summed E-state index contributed by atoms with van der Waals surface area (Å²) in [5.41, 5.74) is 6.48. The van der Waals surface area contributed by atoms with Gasteiger partial charge in [-0.1, -0.05) is 6.08 Å². The normalized spacial score (nSPS) is 20.0. The highest BCUT2D eigenvalue weighted by Gasteiger charge is 2.27. The highest BCUT2D eigenvalue weighted by atomic mass is 32.1. The highest BCUT2D eigenvalue weighted by molar-refractivity contribution is 7.16. The molecule has 0 saturated carbocycles. The van der Waals surface area contributed by atoms with Crippen LogP contribution in [0.5, 0.6) is 0 Å². The number of thiazole rings is 1. The van der Waals surface area contributed by atoms with E-state index < -0.39 is 0 Å². The number of nitrogens with one attached hydrogen (secondary N) is 1. The second-order valence-corrected chi connectivity index (χ2v) is 8.41. The molecule has 1 N–H and O–H groups in total. The summed E-state index contributed by atoms with van der Waals surface area (Å²) >= 11 is 1.39. The quantitative estimate of drug-likeness (QED) is 0.727. The molecule has 1 unspecified atom stereocenters. The number of aromatic amines is 1. The van der Waals surface area contributed by atoms with Gasteiger partial charge in [0.15, 0.2) is 0 Å². The molecular weight excluding hydrogens is 382 g/mol. The first-order valence-electron chi connectivity index (χ1n) is 9.88. The topological polar surface area (TPSA) is 76.0 Å². The second-order valence-electron chi connectivity index (χ2n) is 7.56. The van der Waals surface area contributed by atoms with E-state index in [0.717, 1.165) is 50.2 Å². The minimum atomic E-state index is -0.0413. The van der Waals surface area contributed by atoms with Crippen LogP contribution in [0.1, 0.15) is 24.1 Å². The summed E-state index contributed by atoms with van der Waals surface area (Å²) in [6.07, 6.45) is 4.39. The van der Waals surface area contributed by atoms with Crippen molar-refractivity contribution in [3.63, 3.8) is 0 Å². The number of H-pyrrole nitrogens is 1. The van der Waals surface area contributed by atoms with Crippen LogP contribution < -0.4 is 10.5 Å². The minimum absolute atomic E-state index is 0.0413. The van der Waals surface area contributed by atoms with E-state index in [1.165, 1.54) is 22.6 Å². The molecule has 29 heavy (non-hydrogen) atoms. The van der Waals surface area contributed by atoms with Gasteiger partial charge in [0.25, 0.3) is 5.56 Å². The van der Waals surface area contributed by atoms with Crippen molar-refractivity contribution in [3.05, 3.63) is 63.5 Å². The number of piperazine rings is 1. The van der Waals surface area contributed by atoms with Gasteiger partial charge in [-0.3, -0.25) is 9.69 Å². The Morgan fingerprint density at radius 1 is 1.17 bits per heavy atom. The number of benzene rings is 1. The Morgan fingerprint density at radius 3 is 2.72 bits per heavy atom. The third kappa shape index (κ3) is 3.46. The van der Waals surface area contributed by atoms with Crippen molar-refractivity contribution in [2.75, 3.05) is 31.1 Å². The molecule has 146 valence electrons. The van der Waals surface area contributed by atoms with E-state index in [1.54, 1.807) is 5.51 Å². The Bertz CT molecular complexity index is 1160. The Morgan fingerprint density at radius 2 is 1.97 bits per heavy atom. The fourth-order valence-corrected chi connectivity index (χ4v) is 4.99. The number of hydrogen-bond acceptors (Lipinski definition) is 6. The summed E-state index contributed by atoms with van der Waals surface area (Å²) < 4.78 is 0.697. The van der Waals surface area contributed by atoms with E-state index in [0.29, 0.717) is 16.3 Å². The lowest BCUT2D eigenvalue weighted by atomic mass is 10.1. The molecule has 1 aliphatic heterocycles. The number of allylic oxidation sites excluding steroid dienone is 1. The number of nitrogens with zero attached hydrogens (tertiary/aromatic N) is 4. The van der Waals surface area contributed by atoms with E-state index >= 15 is 0 Å². The zero-order valence-corrected chi connectivity index (χ0v) is 16.8. The summed E-state index contributed by atoms with van der Waals surface area (Å²) in [6, 6.07) is 12.4. The number of fused-ring (bicyclic) bond motifs is 1. The third-order valence-corrected chi connectivity index (χ3v) is 6.77. The fourth-order valence-electron chi connectivity index (χ4n) is 4.33. The average molecular weight is 404 g/mol. The van der Waals surface area contributed by atoms with Crippen LogP contribution in [0.4, 0.5) is 5.69 Å². The summed E-state index contributed by atoms with van der Waals surface area (Å²) in [5, 5.41) is 8.96. The highest BCUT2D eigenvalue weighted by Crippen LogP contribution is 2.31. The predicted octanol–water partition coefficient (Wildman–Crippen LogP) is 3.22. The first kappa shape index (κ1) is 18.1. The smallest absolute Gasteiger partial charge is 0.268 e. The molecule has 1 saturated heterocycles. The molecule has 3 heterocycles. The third-order valence-electron chi connectivity index (χ3n) is 5.92. The van der Waals surface area contributed by atoms with E-state index in [1.807, 2.05) is 30.3 Å². The lowest BCUT2D eigenvalue weighted by molar-refractivity contribution is 0.214. The molecule has 6 nitrogen and oxygen atoms in total. The largest absolute Gasteiger partial charge is 0.369 e. The molecule has 0 spiro atoms. The van der Waals surface area contributed by atoms with Gasteiger partial charge in [-0.2, -0.15) is 5.26 Å². The van der Waals surface area contributed by atoms with Gasteiger partial charge in [-0.15, -0.1) is 11.3 Å². The van der Waals surface area contributed by atoms with E-state index in [4.69, 9.17) is 5.26 Å². The van der Waals surface area contributed by atoms with Crippen LogP contribution >= 0.6 is 11.3 Å². The molecule has 1 fully saturated rings. The van der Waals surface area contributed by atoms with Crippen LogP contribution in [0.2, 0.25) is 0 Å². The van der Waals surface area contributed by atoms with Crippen LogP contribution in [0.3, 0.4) is 0 Å². The van der Waals surface area contributed by atoms with Crippen LogP contribution in [0.15, 0.2) is 46.7 Å². The maximum atomic E-state index is 12.3. The van der Waals surface area contributed by atoms with Crippen molar-refractivity contribution < 1.29 is 0 Å². The van der Waals surface area contributed by atoms with Gasteiger partial charge in [0.05, 0.1) is 22.7 Å². The molecule has 1 aliphatic carbocycles. The van der Waals surface area contributed by atoms with Gasteiger partial charge in [0.2, 0.25) is 0 Å². The van der Waals surface area contributed by atoms with Crippen LogP contribution in [0.25, 0.3) is 15.8 Å². The number of rotatable bonds is 3. The minimum Gasteiger partial charge on any atom is -0.369 e. The molecule has 5 rings (SSSR count). The standard InChI is InChI=1S/C22H21N5OS/c23-13-15-1-4-17(5-2-15)26-7-9-27(10-8-26)18-6-3-16(11-18)19-12-20-21(22(28)25-19)29-14-24-20/h1-2,4-5,11-12,14,18H,3,6-10H2,(H,25,28). The van der Waals surface area contributed by atoms with Gasteiger partial charge in [-0.05, 0) is 48.7 Å². The Labute approximate surface area is 172 Å². The Kier molecular flexibility index (Phi) is 4.66. The molecule has 2 aromatic heterocycles. The monoisotopic (exact) mass is 403 g/mol. The number of pyridine rings is 1. The van der Waals surface area contributed by atoms with Gasteiger partial charge in [0, 0.05) is 43.6 Å². The Balaban J connectivity index is 1.27. The molecule has 7 heteroatoms. The molecule has 0 radical (unpaired) electrons. The number of nitriles is 1. The maximum Gasteiger partial charge on any atom is 0.268 e. The van der Waals surface area contributed by atoms with Crippen LogP contribution in [-0.2, 0) is 0 Å². The average Bonchev–Trinajstić information content (AvgIpc) is 3.44. The Hall–Kier alpha value is -2.95. The number of anilines is 1. The molecule has 0 bridgehead atoms. The van der Waals surface area contributed by atoms with Gasteiger partial charge in [0.1, 0.15) is 4.70 Å². The maximum absolute atomic E-state index is 12.3. The zero-order chi connectivity index (χ0) is 19.8. The van der Waals surface area contributed by atoms with E-state index in [2.05, 4.69) is 31.9 Å². The van der Waals surface area contributed by atoms with Crippen molar-refractivity contribution in [3.8, 4) is 6.07 Å². The van der Waals surface area contributed by atoms with Gasteiger partial charge in [-0.25, -0.2) is 4.98 Å². The first-order valence-corrected chi connectivity index (χ1v) is 10.8. The van der Waals surface area contributed by atoms with Crippen molar-refractivity contribution in [2.24, 2.45) is 0 Å². The summed E-state index contributed by atoms with van der Waals surface area (Å²) in [6.45, 7) is 3.98. The summed E-state index contributed by atoms with van der Waals surface area (Å²) in [5.74, 6) is 0. The van der Waals surface area contributed by atoms with Crippen LogP contribution in [0, 0.1) is 11.3 Å². The number of hydrogen-bond donors (Lipinski definition) is 1. The van der Waals surface area contributed by atoms with Gasteiger partial charge >= 0.3 is 0 Å². The molecule has 1 aromatic carbocycles. The van der Waals surface area contributed by atoms with Crippen molar-refractivity contribution in [1.82, 2.24) is 14.9 Å². The zero-order valence-electron chi connectivity index (χ0n) is 16.0. The summed E-state index contributed by atoms with van der Waals surface area (Å²) in [4.78, 5) is 24.5. The van der Waals surface area contributed by atoms with Gasteiger partial charge < -0.3 is 9.88 Å². The molecule has 1 atom stereocenters. The first-order chi connectivity index (χ1) is 14.2. The summed E-state index contributed by atoms with van der Waals surface area (Å²) in [7, 11) is 0. The second kappa shape index (κ2) is 7.47. The van der Waals surface area contributed by atoms with Crippen molar-refractivity contribution >= 4 is 32.8 Å². The molecule has 2 aliphatic rings. The van der Waals surface area contributed by atoms with Crippen molar-refractivity contribution in [2.45, 2.75) is 18.9 Å². The molecule has 0 amide bonds. The van der Waals surface area contributed by atoms with E-state index in [-0.39, 0.29) is 5.56 Å². The lowest BCUT2D eigenvalue weighted by Gasteiger charge is -2.38. The molecular formula is C22H21N5OS. The lowest BCUT2D eigenvalue weighted by Crippen LogP contribution is -2.49. The van der Waals surface area contributed by atoms with Crippen LogP contribution in [-0.4, -0.2) is 47.1 Å². The predicted molar refractivity (Wildman–Crippen MR) is 116 cm³/mol. The SMILES string of the molecule is N#Cc1ccc(N2CCN(C3C=C(c4cc5ncsc5c(=O)[nH]4)CC3)CC2)cc1. The van der Waals surface area contributed by atoms with Crippen molar-refractivity contribution in [1.29, 1.82) is 5.26 Å². The van der Waals surface area contributed by atoms with E-state index in [9.17, 15) is 4.79 Å². The molecule has 3 aromatic rings.